The lowest BCUT2D eigenvalue weighted by atomic mass is 9.66. The standard InChI is InChI=1S/C33H46NO5P/c1-26(27-15-10-7-11-16-27)33-21-20-31(35)30(33)25-29(32(33)28-17-12-8-13-18-28)19-9-5-6-14-23-38-40(36,37)39-24-22-34(2,3)4/h7-8,10-13,15-18,30-31,35H,1,5-6,9,14,19-25H2,2-4H3/p+1/t30-,31+,33-/m0/s1. The fourth-order valence-corrected chi connectivity index (χ4v) is 7.30. The molecule has 2 aliphatic carbocycles. The van der Waals surface area contributed by atoms with Crippen molar-refractivity contribution in [3.63, 3.8) is 0 Å². The molecule has 0 aliphatic heterocycles. The Morgan fingerprint density at radius 2 is 1.60 bits per heavy atom. The molecule has 0 radical (unpaired) electrons. The van der Waals surface area contributed by atoms with Crippen LogP contribution < -0.4 is 0 Å². The second-order valence-corrected chi connectivity index (χ2v) is 13.8. The molecule has 218 valence electrons. The van der Waals surface area contributed by atoms with Gasteiger partial charge in [-0.3, -0.25) is 9.05 Å². The molecule has 0 aromatic heterocycles. The van der Waals surface area contributed by atoms with Gasteiger partial charge in [0.05, 0.1) is 33.9 Å². The highest BCUT2D eigenvalue weighted by atomic mass is 31.2. The van der Waals surface area contributed by atoms with E-state index in [1.165, 1.54) is 16.7 Å². The van der Waals surface area contributed by atoms with E-state index in [0.717, 1.165) is 56.1 Å². The number of phosphoric ester groups is 1. The Balaban J connectivity index is 1.39. The average Bonchev–Trinajstić information content (AvgIpc) is 3.42. The van der Waals surface area contributed by atoms with Gasteiger partial charge in [0.2, 0.25) is 0 Å². The average molecular weight is 569 g/mol. The minimum atomic E-state index is -4.00. The van der Waals surface area contributed by atoms with E-state index < -0.39 is 7.82 Å². The van der Waals surface area contributed by atoms with Crippen molar-refractivity contribution in [1.82, 2.24) is 0 Å². The van der Waals surface area contributed by atoms with Gasteiger partial charge in [-0.2, -0.15) is 0 Å². The van der Waals surface area contributed by atoms with Crippen LogP contribution in [0.5, 0.6) is 0 Å². The molecule has 2 aliphatic rings. The molecule has 0 saturated heterocycles. The lowest BCUT2D eigenvalue weighted by Gasteiger charge is -2.37. The Labute approximate surface area is 240 Å². The van der Waals surface area contributed by atoms with Gasteiger partial charge in [0.1, 0.15) is 13.2 Å². The normalized spacial score (nSPS) is 24.2. The molecular weight excluding hydrogens is 521 g/mol. The molecule has 4 atom stereocenters. The van der Waals surface area contributed by atoms with Crippen molar-refractivity contribution < 1.29 is 28.1 Å². The zero-order valence-electron chi connectivity index (χ0n) is 24.4. The Kier molecular flexibility index (Phi) is 10.3. The Hall–Kier alpha value is -2.05. The maximum Gasteiger partial charge on any atom is 0.472 e. The predicted molar refractivity (Wildman–Crippen MR) is 162 cm³/mol. The number of unbranched alkanes of at least 4 members (excludes halogenated alkanes) is 3. The highest BCUT2D eigenvalue weighted by molar-refractivity contribution is 7.47. The molecule has 2 aromatic rings. The van der Waals surface area contributed by atoms with E-state index in [4.69, 9.17) is 9.05 Å². The van der Waals surface area contributed by atoms with Crippen LogP contribution in [-0.4, -0.2) is 61.5 Å². The summed E-state index contributed by atoms with van der Waals surface area (Å²) in [6.45, 7) is 5.68. The Bertz CT molecular complexity index is 1210. The molecule has 2 N–H and O–H groups in total. The summed E-state index contributed by atoms with van der Waals surface area (Å²) in [4.78, 5) is 9.92. The lowest BCUT2D eigenvalue weighted by Crippen LogP contribution is -2.37. The van der Waals surface area contributed by atoms with Gasteiger partial charge in [-0.05, 0) is 60.8 Å². The number of fused-ring (bicyclic) bond motifs is 1. The number of hydrogen-bond donors (Lipinski definition) is 2. The van der Waals surface area contributed by atoms with Gasteiger partial charge in [-0.1, -0.05) is 85.7 Å². The van der Waals surface area contributed by atoms with Crippen LogP contribution in [0.1, 0.15) is 62.5 Å². The number of quaternary nitrogens is 1. The number of likely N-dealkylation sites (N-methyl/N-ethyl adjacent to an activating group) is 1. The second-order valence-electron chi connectivity index (χ2n) is 12.4. The van der Waals surface area contributed by atoms with Gasteiger partial charge in [0, 0.05) is 11.3 Å². The van der Waals surface area contributed by atoms with Crippen LogP contribution in [0, 0.1) is 11.3 Å². The van der Waals surface area contributed by atoms with E-state index in [0.29, 0.717) is 17.4 Å². The minimum Gasteiger partial charge on any atom is -0.393 e. The maximum atomic E-state index is 12.1. The second kappa shape index (κ2) is 13.3. The molecular formula is C33H47NO5P+. The Morgan fingerprint density at radius 1 is 0.975 bits per heavy atom. The molecule has 1 saturated carbocycles. The number of hydrogen-bond acceptors (Lipinski definition) is 4. The van der Waals surface area contributed by atoms with Crippen LogP contribution in [0.2, 0.25) is 0 Å². The van der Waals surface area contributed by atoms with Crippen molar-refractivity contribution in [3.8, 4) is 0 Å². The number of benzene rings is 2. The van der Waals surface area contributed by atoms with Crippen molar-refractivity contribution in [3.05, 3.63) is 83.9 Å². The summed E-state index contributed by atoms with van der Waals surface area (Å²) in [5, 5.41) is 11.1. The van der Waals surface area contributed by atoms with Crippen molar-refractivity contribution in [2.24, 2.45) is 11.3 Å². The first-order valence-corrected chi connectivity index (χ1v) is 16.2. The zero-order chi connectivity index (χ0) is 28.8. The van der Waals surface area contributed by atoms with E-state index in [-0.39, 0.29) is 30.7 Å². The molecule has 1 unspecified atom stereocenters. The molecule has 0 bridgehead atoms. The van der Waals surface area contributed by atoms with Crippen molar-refractivity contribution >= 4 is 19.0 Å². The predicted octanol–water partition coefficient (Wildman–Crippen LogP) is 7.10. The molecule has 2 aromatic carbocycles. The van der Waals surface area contributed by atoms with Gasteiger partial charge in [-0.15, -0.1) is 0 Å². The molecule has 40 heavy (non-hydrogen) atoms. The van der Waals surface area contributed by atoms with Crippen LogP contribution in [0.25, 0.3) is 11.1 Å². The molecule has 0 heterocycles. The summed E-state index contributed by atoms with van der Waals surface area (Å²) in [6.07, 6.45) is 6.93. The lowest BCUT2D eigenvalue weighted by molar-refractivity contribution is -0.870. The van der Waals surface area contributed by atoms with Crippen molar-refractivity contribution in [2.75, 3.05) is 40.9 Å². The quantitative estimate of drug-likeness (QED) is 0.136. The van der Waals surface area contributed by atoms with Crippen LogP contribution >= 0.6 is 7.82 Å². The first-order chi connectivity index (χ1) is 19.0. The minimum absolute atomic E-state index is 0.148. The smallest absolute Gasteiger partial charge is 0.393 e. The van der Waals surface area contributed by atoms with Gasteiger partial charge in [0.25, 0.3) is 0 Å². The SMILES string of the molecule is C=C(c1ccccc1)[C@@]12CC[C@@H](O)[C@@H]1CC(CCCCCCOP(=O)(O)OCC[N+](C)(C)C)=C2c1ccccc1. The monoisotopic (exact) mass is 568 g/mol. The molecule has 0 amide bonds. The summed E-state index contributed by atoms with van der Waals surface area (Å²) in [5.41, 5.74) is 6.08. The van der Waals surface area contributed by atoms with E-state index >= 15 is 0 Å². The van der Waals surface area contributed by atoms with Crippen LogP contribution in [0.3, 0.4) is 0 Å². The summed E-state index contributed by atoms with van der Waals surface area (Å²) in [5.74, 6) is 0.148. The maximum absolute atomic E-state index is 12.1. The molecule has 6 nitrogen and oxygen atoms in total. The number of nitrogens with zero attached hydrogens (tertiary/aromatic N) is 1. The zero-order valence-corrected chi connectivity index (χ0v) is 25.3. The van der Waals surface area contributed by atoms with Gasteiger partial charge in [-0.25, -0.2) is 4.57 Å². The third kappa shape index (κ3) is 7.42. The first-order valence-electron chi connectivity index (χ1n) is 14.7. The fourth-order valence-electron chi connectivity index (χ4n) is 6.55. The van der Waals surface area contributed by atoms with Crippen molar-refractivity contribution in [1.29, 1.82) is 0 Å². The highest BCUT2D eigenvalue weighted by Crippen LogP contribution is 2.66. The van der Waals surface area contributed by atoms with E-state index in [1.54, 1.807) is 0 Å². The van der Waals surface area contributed by atoms with Gasteiger partial charge >= 0.3 is 7.82 Å². The number of allylic oxidation sites excluding steroid dienone is 3. The topological polar surface area (TPSA) is 76.0 Å². The molecule has 7 heteroatoms. The van der Waals surface area contributed by atoms with E-state index in [2.05, 4.69) is 61.2 Å². The third-order valence-electron chi connectivity index (χ3n) is 8.56. The number of phosphoric acid groups is 1. The fraction of sp³-hybridized carbons (Fsp3) is 0.515. The van der Waals surface area contributed by atoms with Crippen LogP contribution in [0.4, 0.5) is 0 Å². The third-order valence-corrected chi connectivity index (χ3v) is 9.58. The van der Waals surface area contributed by atoms with Crippen LogP contribution in [-0.2, 0) is 13.6 Å². The number of rotatable bonds is 15. The Morgan fingerprint density at radius 3 is 2.27 bits per heavy atom. The largest absolute Gasteiger partial charge is 0.472 e. The summed E-state index contributed by atoms with van der Waals surface area (Å²) >= 11 is 0. The highest BCUT2D eigenvalue weighted by Gasteiger charge is 2.56. The molecule has 1 fully saturated rings. The van der Waals surface area contributed by atoms with Gasteiger partial charge in [0.15, 0.2) is 0 Å². The molecule has 0 spiro atoms. The van der Waals surface area contributed by atoms with E-state index in [9.17, 15) is 14.6 Å². The van der Waals surface area contributed by atoms with Crippen molar-refractivity contribution in [2.45, 2.75) is 57.5 Å². The molecule has 4 rings (SSSR count). The number of aliphatic hydroxyl groups excluding tert-OH is 1. The summed E-state index contributed by atoms with van der Waals surface area (Å²) in [7, 11) is 2.01. The van der Waals surface area contributed by atoms with E-state index in [1.807, 2.05) is 27.2 Å². The number of aliphatic hydroxyl groups is 1. The summed E-state index contributed by atoms with van der Waals surface area (Å²) < 4.78 is 23.0. The van der Waals surface area contributed by atoms with Crippen LogP contribution in [0.15, 0.2) is 72.8 Å². The first kappa shape index (κ1) is 30.9. The summed E-state index contributed by atoms with van der Waals surface area (Å²) in [6, 6.07) is 21.1. The van der Waals surface area contributed by atoms with Gasteiger partial charge < -0.3 is 14.5 Å².